The maximum absolute atomic E-state index is 13.9. The maximum atomic E-state index is 13.9. The fourth-order valence-corrected chi connectivity index (χ4v) is 3.86. The van der Waals surface area contributed by atoms with Crippen molar-refractivity contribution in [1.82, 2.24) is 24.6 Å². The van der Waals surface area contributed by atoms with E-state index in [1.165, 1.54) is 6.07 Å². The lowest BCUT2D eigenvalue weighted by molar-refractivity contribution is -0.133. The molecule has 9 heteroatoms. The minimum absolute atomic E-state index is 0.00957. The van der Waals surface area contributed by atoms with E-state index in [1.807, 2.05) is 19.0 Å². The number of aromatic nitrogens is 4. The summed E-state index contributed by atoms with van der Waals surface area (Å²) in [7, 11) is 3.69. The number of carbonyl (C=O) groups excluding carboxylic acids is 1. The average molecular weight is 426 g/mol. The summed E-state index contributed by atoms with van der Waals surface area (Å²) in [4.78, 5) is 25.5. The first-order chi connectivity index (χ1) is 14.9. The minimum Gasteiger partial charge on any atom is -0.347 e. The van der Waals surface area contributed by atoms with Crippen molar-refractivity contribution in [2.75, 3.05) is 32.1 Å². The van der Waals surface area contributed by atoms with Gasteiger partial charge in [0.25, 0.3) is 0 Å². The number of hydrogen-bond acceptors (Lipinski definition) is 5. The summed E-state index contributed by atoms with van der Waals surface area (Å²) < 4.78 is 29.0. The van der Waals surface area contributed by atoms with Crippen molar-refractivity contribution in [1.29, 1.82) is 0 Å². The van der Waals surface area contributed by atoms with E-state index in [0.717, 1.165) is 30.7 Å². The number of amides is 1. The van der Waals surface area contributed by atoms with Crippen LogP contribution in [0, 0.1) is 11.6 Å². The van der Waals surface area contributed by atoms with Crippen LogP contribution in [0.15, 0.2) is 42.9 Å². The van der Waals surface area contributed by atoms with Gasteiger partial charge in [0.15, 0.2) is 11.6 Å². The molecular formula is C22H24F2N6O. The van der Waals surface area contributed by atoms with E-state index in [2.05, 4.69) is 10.1 Å². The molecule has 1 fully saturated rings. The molecule has 1 saturated heterocycles. The van der Waals surface area contributed by atoms with E-state index in [4.69, 9.17) is 4.98 Å². The third-order valence-electron chi connectivity index (χ3n) is 5.45. The highest BCUT2D eigenvalue weighted by molar-refractivity contribution is 5.76. The van der Waals surface area contributed by atoms with E-state index >= 15 is 0 Å². The zero-order valence-corrected chi connectivity index (χ0v) is 17.5. The molecule has 0 N–H and O–H groups in total. The van der Waals surface area contributed by atoms with Crippen molar-refractivity contribution < 1.29 is 13.6 Å². The van der Waals surface area contributed by atoms with E-state index < -0.39 is 11.6 Å². The first-order valence-corrected chi connectivity index (χ1v) is 10.2. The molecule has 0 bridgehead atoms. The lowest BCUT2D eigenvalue weighted by atomic mass is 9.90. The predicted octanol–water partition coefficient (Wildman–Crippen LogP) is 3.09. The second kappa shape index (κ2) is 8.79. The second-order valence-electron chi connectivity index (χ2n) is 7.87. The van der Waals surface area contributed by atoms with Gasteiger partial charge in [-0.25, -0.2) is 18.7 Å². The normalized spacial score (nSPS) is 16.4. The molecule has 1 aliphatic heterocycles. The van der Waals surface area contributed by atoms with Gasteiger partial charge in [-0.3, -0.25) is 9.48 Å². The van der Waals surface area contributed by atoms with Gasteiger partial charge < -0.3 is 9.80 Å². The Kier molecular flexibility index (Phi) is 5.92. The van der Waals surface area contributed by atoms with Gasteiger partial charge in [-0.05, 0) is 36.6 Å². The highest BCUT2D eigenvalue weighted by Gasteiger charge is 2.28. The van der Waals surface area contributed by atoms with Crippen LogP contribution in [0.25, 0.3) is 11.1 Å². The number of nitrogens with zero attached hydrogens (tertiary/aromatic N) is 6. The molecule has 1 amide bonds. The summed E-state index contributed by atoms with van der Waals surface area (Å²) in [6, 6.07) is 5.58. The largest absolute Gasteiger partial charge is 0.347 e. The van der Waals surface area contributed by atoms with E-state index in [-0.39, 0.29) is 18.4 Å². The van der Waals surface area contributed by atoms with Crippen LogP contribution in [-0.4, -0.2) is 57.7 Å². The summed E-state index contributed by atoms with van der Waals surface area (Å²) >= 11 is 0. The summed E-state index contributed by atoms with van der Waals surface area (Å²) in [6.45, 7) is 1.35. The van der Waals surface area contributed by atoms with Gasteiger partial charge in [0, 0.05) is 57.3 Å². The Morgan fingerprint density at radius 2 is 2.10 bits per heavy atom. The van der Waals surface area contributed by atoms with Crippen LogP contribution in [-0.2, 0) is 11.3 Å². The maximum Gasteiger partial charge on any atom is 0.244 e. The van der Waals surface area contributed by atoms with Gasteiger partial charge in [0.1, 0.15) is 6.54 Å². The molecule has 0 saturated carbocycles. The second-order valence-corrected chi connectivity index (χ2v) is 7.87. The highest BCUT2D eigenvalue weighted by atomic mass is 19.2. The highest BCUT2D eigenvalue weighted by Crippen LogP contribution is 2.34. The van der Waals surface area contributed by atoms with Crippen molar-refractivity contribution in [2.45, 2.75) is 25.3 Å². The van der Waals surface area contributed by atoms with Gasteiger partial charge in [0.2, 0.25) is 11.9 Å². The number of hydrogen-bond donors (Lipinski definition) is 0. The quantitative estimate of drug-likeness (QED) is 0.627. The molecular weight excluding hydrogens is 402 g/mol. The zero-order valence-electron chi connectivity index (χ0n) is 17.5. The van der Waals surface area contributed by atoms with Gasteiger partial charge in [-0.2, -0.15) is 5.10 Å². The van der Waals surface area contributed by atoms with Crippen LogP contribution in [0.5, 0.6) is 0 Å². The van der Waals surface area contributed by atoms with Crippen molar-refractivity contribution >= 4 is 11.9 Å². The lowest BCUT2D eigenvalue weighted by Gasteiger charge is -2.33. The molecule has 1 atom stereocenters. The smallest absolute Gasteiger partial charge is 0.244 e. The summed E-state index contributed by atoms with van der Waals surface area (Å²) in [5.41, 5.74) is 1.90. The van der Waals surface area contributed by atoms with E-state index in [9.17, 15) is 13.6 Å². The molecule has 3 aromatic rings. The Hall–Kier alpha value is -3.36. The molecule has 3 heterocycles. The van der Waals surface area contributed by atoms with Crippen LogP contribution in [0.2, 0.25) is 0 Å². The Morgan fingerprint density at radius 3 is 2.81 bits per heavy atom. The van der Waals surface area contributed by atoms with Crippen LogP contribution in [0.4, 0.5) is 14.7 Å². The fraction of sp³-hybridized carbons (Fsp3) is 0.364. The lowest BCUT2D eigenvalue weighted by Crippen LogP contribution is -2.41. The average Bonchev–Trinajstić information content (AvgIpc) is 3.28. The molecule has 0 unspecified atom stereocenters. The molecule has 162 valence electrons. The predicted molar refractivity (Wildman–Crippen MR) is 112 cm³/mol. The van der Waals surface area contributed by atoms with Gasteiger partial charge in [-0.1, -0.05) is 6.07 Å². The van der Waals surface area contributed by atoms with Crippen LogP contribution < -0.4 is 4.90 Å². The third-order valence-corrected chi connectivity index (χ3v) is 5.45. The topological polar surface area (TPSA) is 67.2 Å². The van der Waals surface area contributed by atoms with Crippen LogP contribution >= 0.6 is 0 Å². The number of benzene rings is 1. The van der Waals surface area contributed by atoms with Crippen molar-refractivity contribution in [2.24, 2.45) is 0 Å². The van der Waals surface area contributed by atoms with Crippen LogP contribution in [0.1, 0.15) is 24.5 Å². The SMILES string of the molecule is CN(C)c1ncc(-c2ccc(F)c(F)c2)c([C@@H]2CCCN(C(=O)Cn3cccn3)C2)n1. The van der Waals surface area contributed by atoms with Gasteiger partial charge >= 0.3 is 0 Å². The van der Waals surface area contributed by atoms with Crippen LogP contribution in [0.3, 0.4) is 0 Å². The van der Waals surface area contributed by atoms with Crippen molar-refractivity contribution in [3.8, 4) is 11.1 Å². The first kappa shape index (κ1) is 20.9. The summed E-state index contributed by atoms with van der Waals surface area (Å²) in [6.07, 6.45) is 6.72. The molecule has 0 radical (unpaired) electrons. The number of halogens is 2. The molecule has 31 heavy (non-hydrogen) atoms. The van der Waals surface area contributed by atoms with E-state index in [0.29, 0.717) is 30.2 Å². The first-order valence-electron chi connectivity index (χ1n) is 10.2. The standard InChI is InChI=1S/C22H24F2N6O/c1-28(2)22-25-12-17(15-6-7-18(23)19(24)11-15)21(27-22)16-5-3-9-29(13-16)20(31)14-30-10-4-8-26-30/h4,6-8,10-12,16H,3,5,9,13-14H2,1-2H3/t16-/m1/s1. The number of carbonyl (C=O) groups is 1. The third kappa shape index (κ3) is 4.55. The molecule has 4 rings (SSSR count). The van der Waals surface area contributed by atoms with Gasteiger partial charge in [0.05, 0.1) is 5.69 Å². The molecule has 7 nitrogen and oxygen atoms in total. The molecule has 2 aromatic heterocycles. The number of anilines is 1. The number of piperidine rings is 1. The number of rotatable bonds is 5. The monoisotopic (exact) mass is 426 g/mol. The van der Waals surface area contributed by atoms with E-state index in [1.54, 1.807) is 34.2 Å². The molecule has 1 aliphatic rings. The molecule has 1 aromatic carbocycles. The van der Waals surface area contributed by atoms with Crippen molar-refractivity contribution in [3.63, 3.8) is 0 Å². The molecule has 0 spiro atoms. The summed E-state index contributed by atoms with van der Waals surface area (Å²) in [5, 5.41) is 4.11. The Labute approximate surface area is 179 Å². The van der Waals surface area contributed by atoms with Gasteiger partial charge in [-0.15, -0.1) is 0 Å². The minimum atomic E-state index is -0.917. The summed E-state index contributed by atoms with van der Waals surface area (Å²) in [5.74, 6) is -1.34. The Bertz CT molecular complexity index is 1070. The zero-order chi connectivity index (χ0) is 22.0. The molecule has 0 aliphatic carbocycles. The van der Waals surface area contributed by atoms with Crippen molar-refractivity contribution in [3.05, 3.63) is 60.2 Å². The number of likely N-dealkylation sites (tertiary alicyclic amines) is 1. The Balaban J connectivity index is 1.65. The Morgan fingerprint density at radius 1 is 1.26 bits per heavy atom. The fourth-order valence-electron chi connectivity index (χ4n) is 3.86.